The minimum atomic E-state index is -0.0116. The molecule has 0 saturated carbocycles. The van der Waals surface area contributed by atoms with Crippen molar-refractivity contribution >= 4 is 6.21 Å². The second-order valence-electron chi connectivity index (χ2n) is 8.04. The van der Waals surface area contributed by atoms with Crippen LogP contribution in [0.5, 0.6) is 0 Å². The van der Waals surface area contributed by atoms with Gasteiger partial charge in [-0.1, -0.05) is 30.3 Å². The van der Waals surface area contributed by atoms with Crippen LogP contribution in [0.15, 0.2) is 30.3 Å². The van der Waals surface area contributed by atoms with Gasteiger partial charge in [0.2, 0.25) is 0 Å². The van der Waals surface area contributed by atoms with E-state index in [0.29, 0.717) is 0 Å². The number of hydrogen-bond acceptors (Lipinski definition) is 1. The van der Waals surface area contributed by atoms with Crippen molar-refractivity contribution < 1.29 is 14.6 Å². The first-order valence-electron chi connectivity index (χ1n) is 9.16. The SMILES string of the molecule is CC1(C)C[C@@](C=[NH+]Cc2ccccc2)(C[NH+]2CCCC2)CCO1. The van der Waals surface area contributed by atoms with Crippen molar-refractivity contribution in [1.29, 1.82) is 0 Å². The Morgan fingerprint density at radius 2 is 1.91 bits per heavy atom. The largest absolute Gasteiger partial charge is 0.375 e. The first-order chi connectivity index (χ1) is 11.1. The molecule has 0 aromatic heterocycles. The van der Waals surface area contributed by atoms with Gasteiger partial charge in [-0.3, -0.25) is 0 Å². The lowest BCUT2D eigenvalue weighted by Crippen LogP contribution is -3.11. The van der Waals surface area contributed by atoms with E-state index in [0.717, 1.165) is 26.0 Å². The maximum absolute atomic E-state index is 5.99. The second kappa shape index (κ2) is 7.14. The van der Waals surface area contributed by atoms with Crippen LogP contribution >= 0.6 is 0 Å². The van der Waals surface area contributed by atoms with Crippen molar-refractivity contribution in [2.24, 2.45) is 5.41 Å². The Morgan fingerprint density at radius 1 is 1.17 bits per heavy atom. The van der Waals surface area contributed by atoms with Crippen LogP contribution in [-0.2, 0) is 11.3 Å². The summed E-state index contributed by atoms with van der Waals surface area (Å²) in [5.41, 5.74) is 1.59. The first kappa shape index (κ1) is 16.7. The van der Waals surface area contributed by atoms with E-state index in [4.69, 9.17) is 4.74 Å². The van der Waals surface area contributed by atoms with Crippen molar-refractivity contribution in [3.63, 3.8) is 0 Å². The zero-order valence-electron chi connectivity index (χ0n) is 14.7. The fourth-order valence-corrected chi connectivity index (χ4v) is 4.37. The number of hydrogen-bond donors (Lipinski definition) is 2. The maximum atomic E-state index is 5.99. The van der Waals surface area contributed by atoms with Crippen LogP contribution in [0.25, 0.3) is 0 Å². The fraction of sp³-hybridized carbons (Fsp3) is 0.650. The predicted molar refractivity (Wildman–Crippen MR) is 93.7 cm³/mol. The maximum Gasteiger partial charge on any atom is 0.165 e. The topological polar surface area (TPSA) is 27.6 Å². The molecule has 2 aliphatic rings. The monoisotopic (exact) mass is 316 g/mol. The van der Waals surface area contributed by atoms with Crippen LogP contribution in [0, 0.1) is 5.41 Å². The minimum Gasteiger partial charge on any atom is -0.375 e. The molecule has 3 nitrogen and oxygen atoms in total. The van der Waals surface area contributed by atoms with E-state index in [9.17, 15) is 0 Å². The quantitative estimate of drug-likeness (QED) is 0.765. The fourth-order valence-electron chi connectivity index (χ4n) is 4.37. The van der Waals surface area contributed by atoms with Crippen molar-refractivity contribution in [2.45, 2.75) is 51.7 Å². The first-order valence-corrected chi connectivity index (χ1v) is 9.16. The van der Waals surface area contributed by atoms with E-state index in [1.54, 1.807) is 4.90 Å². The highest BCUT2D eigenvalue weighted by Crippen LogP contribution is 2.36. The Hall–Kier alpha value is -1.19. The lowest BCUT2D eigenvalue weighted by atomic mass is 9.74. The Kier molecular flexibility index (Phi) is 5.17. The summed E-state index contributed by atoms with van der Waals surface area (Å²) in [5, 5.41) is 0. The number of benzene rings is 1. The standard InChI is InChI=1S/C20H30N2O/c1-19(2)15-20(10-13-23-19,17-22-11-6-7-12-22)16-21-14-18-8-4-3-5-9-18/h3-5,8-9,16H,6-7,10-15,17H2,1-2H3/p+2/t20-/m0/s1. The highest BCUT2D eigenvalue weighted by atomic mass is 16.5. The molecule has 3 rings (SSSR count). The van der Waals surface area contributed by atoms with Crippen LogP contribution in [0.1, 0.15) is 45.1 Å². The van der Waals surface area contributed by atoms with Gasteiger partial charge in [0.1, 0.15) is 11.6 Å². The zero-order chi connectivity index (χ0) is 16.2. The second-order valence-corrected chi connectivity index (χ2v) is 8.04. The molecule has 2 saturated heterocycles. The normalized spacial score (nSPS) is 28.4. The van der Waals surface area contributed by atoms with Crippen molar-refractivity contribution in [1.82, 2.24) is 0 Å². The molecule has 1 aromatic rings. The molecular weight excluding hydrogens is 284 g/mol. The van der Waals surface area contributed by atoms with E-state index in [-0.39, 0.29) is 11.0 Å². The highest BCUT2D eigenvalue weighted by Gasteiger charge is 2.45. The molecule has 2 N–H and O–H groups in total. The third-order valence-corrected chi connectivity index (χ3v) is 5.34. The molecule has 126 valence electrons. The summed E-state index contributed by atoms with van der Waals surface area (Å²) in [4.78, 5) is 5.41. The molecule has 0 aliphatic carbocycles. The third-order valence-electron chi connectivity index (χ3n) is 5.34. The van der Waals surface area contributed by atoms with Gasteiger partial charge < -0.3 is 9.64 Å². The molecule has 23 heavy (non-hydrogen) atoms. The summed E-state index contributed by atoms with van der Waals surface area (Å²) in [6, 6.07) is 10.7. The third kappa shape index (κ3) is 4.65. The van der Waals surface area contributed by atoms with Crippen molar-refractivity contribution in [3.8, 4) is 0 Å². The molecule has 2 heterocycles. The van der Waals surface area contributed by atoms with Gasteiger partial charge in [0.15, 0.2) is 6.54 Å². The molecule has 2 fully saturated rings. The lowest BCUT2D eigenvalue weighted by Gasteiger charge is -2.41. The average molecular weight is 316 g/mol. The van der Waals surface area contributed by atoms with Crippen LogP contribution in [0.4, 0.5) is 0 Å². The number of rotatable bonds is 5. The van der Waals surface area contributed by atoms with Gasteiger partial charge in [0.05, 0.1) is 25.2 Å². The van der Waals surface area contributed by atoms with Crippen LogP contribution in [-0.4, -0.2) is 38.1 Å². The van der Waals surface area contributed by atoms with E-state index >= 15 is 0 Å². The summed E-state index contributed by atoms with van der Waals surface area (Å²) < 4.78 is 5.99. The van der Waals surface area contributed by atoms with Gasteiger partial charge in [-0.15, -0.1) is 0 Å². The summed E-state index contributed by atoms with van der Waals surface area (Å²) >= 11 is 0. The van der Waals surface area contributed by atoms with Gasteiger partial charge in [-0.2, -0.15) is 0 Å². The van der Waals surface area contributed by atoms with E-state index in [2.05, 4.69) is 55.4 Å². The Balaban J connectivity index is 1.71. The summed E-state index contributed by atoms with van der Waals surface area (Å²) in [6.07, 6.45) is 7.45. The average Bonchev–Trinajstić information content (AvgIpc) is 3.00. The smallest absolute Gasteiger partial charge is 0.165 e. The van der Waals surface area contributed by atoms with Gasteiger partial charge >= 0.3 is 0 Å². The van der Waals surface area contributed by atoms with Gasteiger partial charge in [0.25, 0.3) is 0 Å². The number of ether oxygens (including phenoxy) is 1. The van der Waals surface area contributed by atoms with Crippen LogP contribution in [0.2, 0.25) is 0 Å². The van der Waals surface area contributed by atoms with Crippen molar-refractivity contribution in [3.05, 3.63) is 35.9 Å². The number of nitrogens with one attached hydrogen (secondary N) is 2. The molecular formula is C20H32N2O+2. The molecule has 3 heteroatoms. The Labute approximate surface area is 140 Å². The number of quaternary nitrogens is 1. The predicted octanol–water partition coefficient (Wildman–Crippen LogP) is 0.592. The Morgan fingerprint density at radius 3 is 2.61 bits per heavy atom. The minimum absolute atomic E-state index is 0.0116. The molecule has 1 aromatic carbocycles. The number of likely N-dealkylation sites (tertiary alicyclic amines) is 1. The molecule has 0 unspecified atom stereocenters. The lowest BCUT2D eigenvalue weighted by molar-refractivity contribution is -0.893. The van der Waals surface area contributed by atoms with Crippen LogP contribution < -0.4 is 9.89 Å². The molecule has 0 bridgehead atoms. The Bertz CT molecular complexity index is 520. The van der Waals surface area contributed by atoms with E-state index in [1.807, 2.05) is 0 Å². The summed E-state index contributed by atoms with van der Waals surface area (Å²) in [5.74, 6) is 0. The molecule has 0 spiro atoms. The molecule has 0 radical (unpaired) electrons. The van der Waals surface area contributed by atoms with Gasteiger partial charge in [-0.25, -0.2) is 4.99 Å². The van der Waals surface area contributed by atoms with Crippen LogP contribution in [0.3, 0.4) is 0 Å². The van der Waals surface area contributed by atoms with Gasteiger partial charge in [0, 0.05) is 25.0 Å². The zero-order valence-corrected chi connectivity index (χ0v) is 14.7. The van der Waals surface area contributed by atoms with Gasteiger partial charge in [-0.05, 0) is 26.7 Å². The van der Waals surface area contributed by atoms with E-state index < -0.39 is 0 Å². The molecule has 1 atom stereocenters. The van der Waals surface area contributed by atoms with Crippen molar-refractivity contribution in [2.75, 3.05) is 26.2 Å². The summed E-state index contributed by atoms with van der Waals surface area (Å²) in [7, 11) is 0. The molecule has 0 amide bonds. The highest BCUT2D eigenvalue weighted by molar-refractivity contribution is 5.60. The molecule has 2 aliphatic heterocycles. The summed E-state index contributed by atoms with van der Waals surface area (Å²) in [6.45, 7) is 10.2. The van der Waals surface area contributed by atoms with E-state index in [1.165, 1.54) is 38.0 Å².